The highest BCUT2D eigenvalue weighted by molar-refractivity contribution is 5.70. The minimum atomic E-state index is -1.77. The average Bonchev–Trinajstić information content (AvgIpc) is 3.30. The largest absolute Gasteiger partial charge is 0.462 e. The molecule has 0 radical (unpaired) electrons. The van der Waals surface area contributed by atoms with Crippen molar-refractivity contribution in [1.82, 2.24) is 0 Å². The summed E-state index contributed by atoms with van der Waals surface area (Å²) in [5.41, 5.74) is 0. The molecule has 15 nitrogen and oxygen atoms in total. The molecule has 0 saturated carbocycles. The van der Waals surface area contributed by atoms with Crippen LogP contribution in [0.2, 0.25) is 0 Å². The van der Waals surface area contributed by atoms with E-state index >= 15 is 0 Å². The van der Waals surface area contributed by atoms with E-state index in [0.717, 1.165) is 70.6 Å². The van der Waals surface area contributed by atoms with E-state index in [-0.39, 0.29) is 19.4 Å². The van der Waals surface area contributed by atoms with Crippen molar-refractivity contribution in [2.45, 2.75) is 242 Å². The Morgan fingerprint density at radius 1 is 0.492 bits per heavy atom. The fourth-order valence-corrected chi connectivity index (χ4v) is 7.64. The third-order valence-electron chi connectivity index (χ3n) is 11.8. The maximum Gasteiger partial charge on any atom is 0.306 e. The number of allylic oxidation sites excluding steroid dienone is 6. The number of carbonyl (C=O) groups excluding carboxylic acids is 2. The van der Waals surface area contributed by atoms with Gasteiger partial charge in [0.1, 0.15) is 55.4 Å². The van der Waals surface area contributed by atoms with Gasteiger partial charge in [0.25, 0.3) is 0 Å². The number of rotatable bonds is 38. The van der Waals surface area contributed by atoms with Crippen LogP contribution < -0.4 is 0 Å². The SMILES string of the molecule is CCCC/C=C/C/C=C/CCCCCCCC(=O)O[C@H](COC(=O)CCCCC/C=C/CCCCCCCCCC)CO[C@@H]1O[C@H](CO[C@@H]2O[C@H](CO)[C@H](O)C(O)C2O)[C@H](O)C(O)C1O. The fraction of sp³-hybridized carbons (Fsp3) is 0.840. The molecule has 0 bridgehead atoms. The first-order chi connectivity index (χ1) is 31.5. The van der Waals surface area contributed by atoms with Gasteiger partial charge in [-0.3, -0.25) is 9.59 Å². The van der Waals surface area contributed by atoms with Crippen molar-refractivity contribution in [3.8, 4) is 0 Å². The first kappa shape index (κ1) is 58.8. The number of hydrogen-bond donors (Lipinski definition) is 7. The summed E-state index contributed by atoms with van der Waals surface area (Å²) in [6.07, 6.45) is 21.8. The molecule has 0 aromatic heterocycles. The molecule has 2 saturated heterocycles. The topological polar surface area (TPSA) is 231 Å². The summed E-state index contributed by atoms with van der Waals surface area (Å²) in [6.45, 7) is 2.51. The molecule has 11 atom stereocenters. The van der Waals surface area contributed by atoms with Gasteiger partial charge in [0.2, 0.25) is 0 Å². The van der Waals surface area contributed by atoms with Crippen molar-refractivity contribution in [1.29, 1.82) is 0 Å². The molecule has 2 rings (SSSR count). The van der Waals surface area contributed by atoms with Crippen LogP contribution in [0.15, 0.2) is 36.5 Å². The van der Waals surface area contributed by atoms with Crippen molar-refractivity contribution in [3.05, 3.63) is 36.5 Å². The highest BCUT2D eigenvalue weighted by Crippen LogP contribution is 2.26. The molecule has 4 unspecified atom stereocenters. The summed E-state index contributed by atoms with van der Waals surface area (Å²) in [5.74, 6) is -0.959. The van der Waals surface area contributed by atoms with Crippen molar-refractivity contribution in [2.24, 2.45) is 0 Å². The predicted molar refractivity (Wildman–Crippen MR) is 247 cm³/mol. The molecule has 7 N–H and O–H groups in total. The van der Waals surface area contributed by atoms with Gasteiger partial charge in [-0.25, -0.2) is 0 Å². The molecule has 0 aliphatic carbocycles. The lowest BCUT2D eigenvalue weighted by Gasteiger charge is -2.42. The van der Waals surface area contributed by atoms with Gasteiger partial charge in [-0.2, -0.15) is 0 Å². The molecule has 378 valence electrons. The van der Waals surface area contributed by atoms with E-state index < -0.39 is 99.3 Å². The van der Waals surface area contributed by atoms with Gasteiger partial charge in [-0.05, 0) is 64.2 Å². The summed E-state index contributed by atoms with van der Waals surface area (Å²) in [5, 5.41) is 72.0. The molecular weight excluding hydrogens is 841 g/mol. The Labute approximate surface area is 389 Å². The normalized spacial score (nSPS) is 26.7. The highest BCUT2D eigenvalue weighted by atomic mass is 16.7. The lowest BCUT2D eigenvalue weighted by atomic mass is 9.98. The Hall–Kier alpha value is -2.28. The summed E-state index contributed by atoms with van der Waals surface area (Å²) in [6, 6.07) is 0. The molecule has 0 aromatic rings. The number of unbranched alkanes of at least 4 members (excludes halogenated alkanes) is 18. The van der Waals surface area contributed by atoms with Gasteiger partial charge in [0, 0.05) is 12.8 Å². The monoisotopic (exact) mass is 929 g/mol. The Bertz CT molecular complexity index is 1280. The summed E-state index contributed by atoms with van der Waals surface area (Å²) < 4.78 is 33.5. The molecule has 2 fully saturated rings. The van der Waals surface area contributed by atoms with E-state index in [1.165, 1.54) is 64.2 Å². The molecular formula is C50H88O15. The van der Waals surface area contributed by atoms with Crippen LogP contribution in [0.1, 0.15) is 174 Å². The Morgan fingerprint density at radius 3 is 1.51 bits per heavy atom. The van der Waals surface area contributed by atoms with Crippen LogP contribution in [0.25, 0.3) is 0 Å². The fourth-order valence-electron chi connectivity index (χ4n) is 7.64. The van der Waals surface area contributed by atoms with E-state index in [9.17, 15) is 45.3 Å². The van der Waals surface area contributed by atoms with Crippen LogP contribution in [0, 0.1) is 0 Å². The summed E-state index contributed by atoms with van der Waals surface area (Å²) >= 11 is 0. The third-order valence-corrected chi connectivity index (χ3v) is 11.8. The number of aliphatic hydroxyl groups is 7. The zero-order chi connectivity index (χ0) is 47.5. The minimum absolute atomic E-state index is 0.146. The molecule has 2 aliphatic heterocycles. The molecule has 0 aromatic carbocycles. The quantitative estimate of drug-likeness (QED) is 0.0198. The van der Waals surface area contributed by atoms with Crippen LogP contribution in [0.5, 0.6) is 0 Å². The van der Waals surface area contributed by atoms with E-state index in [0.29, 0.717) is 12.8 Å². The molecule has 0 amide bonds. The van der Waals surface area contributed by atoms with E-state index in [1.807, 2.05) is 0 Å². The van der Waals surface area contributed by atoms with Crippen LogP contribution in [-0.2, 0) is 38.0 Å². The number of carbonyl (C=O) groups is 2. The Kier molecular flexibility index (Phi) is 34.1. The van der Waals surface area contributed by atoms with E-state index in [1.54, 1.807) is 0 Å². The lowest BCUT2D eigenvalue weighted by molar-refractivity contribution is -0.332. The van der Waals surface area contributed by atoms with Crippen molar-refractivity contribution < 1.29 is 73.8 Å². The van der Waals surface area contributed by atoms with Crippen LogP contribution >= 0.6 is 0 Å². The highest BCUT2D eigenvalue weighted by Gasteiger charge is 2.47. The maximum absolute atomic E-state index is 13.0. The van der Waals surface area contributed by atoms with Gasteiger partial charge < -0.3 is 64.2 Å². The van der Waals surface area contributed by atoms with Crippen LogP contribution in [0.4, 0.5) is 0 Å². The third kappa shape index (κ3) is 26.2. The van der Waals surface area contributed by atoms with Gasteiger partial charge in [-0.1, -0.05) is 134 Å². The van der Waals surface area contributed by atoms with Gasteiger partial charge in [0.05, 0.1) is 19.8 Å². The lowest BCUT2D eigenvalue weighted by Crippen LogP contribution is -2.61. The second-order valence-electron chi connectivity index (χ2n) is 17.6. The minimum Gasteiger partial charge on any atom is -0.462 e. The van der Waals surface area contributed by atoms with E-state index in [2.05, 4.69) is 50.3 Å². The first-order valence-electron chi connectivity index (χ1n) is 25.1. The maximum atomic E-state index is 13.0. The van der Waals surface area contributed by atoms with Crippen molar-refractivity contribution in [2.75, 3.05) is 26.4 Å². The van der Waals surface area contributed by atoms with Crippen LogP contribution in [-0.4, -0.2) is 142 Å². The summed E-state index contributed by atoms with van der Waals surface area (Å²) in [4.78, 5) is 25.7. The van der Waals surface area contributed by atoms with Gasteiger partial charge in [0.15, 0.2) is 18.7 Å². The van der Waals surface area contributed by atoms with E-state index in [4.69, 9.17) is 28.4 Å². The average molecular weight is 929 g/mol. The van der Waals surface area contributed by atoms with Crippen LogP contribution in [0.3, 0.4) is 0 Å². The number of esters is 2. The van der Waals surface area contributed by atoms with Gasteiger partial charge in [-0.15, -0.1) is 0 Å². The second kappa shape index (κ2) is 37.7. The number of ether oxygens (including phenoxy) is 6. The standard InChI is InChI=1S/C50H88O15/c1-3-5-7-9-11-13-15-17-19-21-22-24-26-28-30-32-41(52)60-35-38(63-42(53)33-31-29-27-25-23-20-18-16-14-12-10-8-6-4-2)36-61-49-48(59)46(57)44(55)40(65-49)37-62-50-47(58)45(56)43(54)39(34-51)64-50/h10,12,16,18,21-22,38-40,43-51,54-59H,3-9,11,13-15,17,19-20,23-37H2,1-2H3/b12-10+,18-16+,22-21+/t38-,39-,40-,43+,44+,45?,46?,47?,48?,49-,50-/m1/s1. The van der Waals surface area contributed by atoms with Crippen molar-refractivity contribution in [3.63, 3.8) is 0 Å². The number of hydrogen-bond acceptors (Lipinski definition) is 15. The van der Waals surface area contributed by atoms with Crippen molar-refractivity contribution >= 4 is 11.9 Å². The molecule has 2 aliphatic rings. The molecule has 0 spiro atoms. The second-order valence-corrected chi connectivity index (χ2v) is 17.6. The Morgan fingerprint density at radius 2 is 0.938 bits per heavy atom. The zero-order valence-electron chi connectivity index (χ0n) is 39.7. The molecule has 2 heterocycles. The zero-order valence-corrected chi connectivity index (χ0v) is 39.7. The number of aliphatic hydroxyl groups excluding tert-OH is 7. The predicted octanol–water partition coefficient (Wildman–Crippen LogP) is 6.54. The van der Waals surface area contributed by atoms with Gasteiger partial charge >= 0.3 is 11.9 Å². The first-order valence-corrected chi connectivity index (χ1v) is 25.1. The summed E-state index contributed by atoms with van der Waals surface area (Å²) in [7, 11) is 0. The molecule has 65 heavy (non-hydrogen) atoms. The smallest absolute Gasteiger partial charge is 0.306 e. The Balaban J connectivity index is 1.84. The molecule has 15 heteroatoms.